The zero-order chi connectivity index (χ0) is 35.0. The van der Waals surface area contributed by atoms with Gasteiger partial charge in [-0.15, -0.1) is 0 Å². The van der Waals surface area contributed by atoms with Crippen LogP contribution in [-0.2, 0) is 16.0 Å². The van der Waals surface area contributed by atoms with E-state index in [1.165, 1.54) is 0 Å². The Hall–Kier alpha value is -4.47. The third kappa shape index (κ3) is 12.5. The quantitative estimate of drug-likeness (QED) is 0.138. The van der Waals surface area contributed by atoms with Gasteiger partial charge in [-0.25, -0.2) is 24.2 Å². The molecule has 272 valence electrons. The van der Waals surface area contributed by atoms with E-state index in [1.54, 1.807) is 31.7 Å². The van der Waals surface area contributed by atoms with E-state index in [9.17, 15) is 19.2 Å². The maximum absolute atomic E-state index is 12.9. The molecule has 3 aliphatic rings. The largest absolute Gasteiger partial charge is 0.446 e. The highest BCUT2D eigenvalue weighted by atomic mass is 16.6. The average Bonchev–Trinajstić information content (AvgIpc) is 3.09. The molecule has 2 heterocycles. The summed E-state index contributed by atoms with van der Waals surface area (Å²) in [5, 5.41) is 5.86. The standard InChI is InChI=1S/C33H54N10O6/c34-14-2-1-3-15-37-30(44)40-16-20-42(21-17-40)32(46)48-27-6-4-8-28(9-5-7-27)49-33(47)43-22-18-41(19-23-43)31(45)38-24-25-10-12-26(13-11-25)39-29(35)36/h10-13,27-28H,1-9,14-24,34H2,(H,37,44)(H,38,45)(H4,35,36,39). The summed E-state index contributed by atoms with van der Waals surface area (Å²) in [5.41, 5.74) is 17.9. The normalized spacial score (nSPS) is 20.0. The third-order valence-corrected chi connectivity index (χ3v) is 9.08. The van der Waals surface area contributed by atoms with Crippen LogP contribution in [0.5, 0.6) is 0 Å². The topological polar surface area (TPSA) is 214 Å². The molecule has 2 aliphatic heterocycles. The number of benzene rings is 1. The zero-order valence-corrected chi connectivity index (χ0v) is 28.5. The number of rotatable bonds is 10. The van der Waals surface area contributed by atoms with Gasteiger partial charge < -0.3 is 56.9 Å². The first-order chi connectivity index (χ1) is 23.7. The number of unbranched alkanes of at least 4 members (excludes halogenated alkanes) is 2. The fourth-order valence-corrected chi connectivity index (χ4v) is 6.17. The fraction of sp³-hybridized carbons (Fsp3) is 0.667. The van der Waals surface area contributed by atoms with E-state index >= 15 is 0 Å². The Bertz CT molecular complexity index is 1230. The summed E-state index contributed by atoms with van der Waals surface area (Å²) in [6.07, 6.45) is 6.18. The van der Waals surface area contributed by atoms with Crippen LogP contribution in [0.3, 0.4) is 0 Å². The molecule has 1 aromatic rings. The number of ether oxygens (including phenoxy) is 2. The summed E-state index contributed by atoms with van der Waals surface area (Å²) in [6.45, 7) is 5.12. The molecule has 0 unspecified atom stereocenters. The zero-order valence-electron chi connectivity index (χ0n) is 28.5. The Morgan fingerprint density at radius 3 is 1.61 bits per heavy atom. The van der Waals surface area contributed by atoms with Crippen molar-refractivity contribution in [1.29, 1.82) is 0 Å². The van der Waals surface area contributed by atoms with E-state index in [1.807, 2.05) is 12.1 Å². The molecular weight excluding hydrogens is 632 g/mol. The highest BCUT2D eigenvalue weighted by molar-refractivity contribution is 5.79. The van der Waals surface area contributed by atoms with Gasteiger partial charge in [0.15, 0.2) is 5.96 Å². The van der Waals surface area contributed by atoms with Gasteiger partial charge in [0.25, 0.3) is 0 Å². The minimum atomic E-state index is -0.353. The van der Waals surface area contributed by atoms with Crippen molar-refractivity contribution in [2.24, 2.45) is 22.2 Å². The first kappa shape index (κ1) is 37.4. The van der Waals surface area contributed by atoms with E-state index < -0.39 is 0 Å². The monoisotopic (exact) mass is 686 g/mol. The number of nitrogens with two attached hydrogens (primary N) is 3. The lowest BCUT2D eigenvalue weighted by molar-refractivity contribution is 0.0197. The number of piperazine rings is 2. The summed E-state index contributed by atoms with van der Waals surface area (Å²) in [6, 6.07) is 6.96. The van der Waals surface area contributed by atoms with Gasteiger partial charge in [0.2, 0.25) is 0 Å². The van der Waals surface area contributed by atoms with Crippen LogP contribution >= 0.6 is 0 Å². The number of amides is 6. The van der Waals surface area contributed by atoms with Crippen LogP contribution in [0.1, 0.15) is 63.4 Å². The van der Waals surface area contributed by atoms with Crippen molar-refractivity contribution in [3.63, 3.8) is 0 Å². The molecule has 0 radical (unpaired) electrons. The predicted octanol–water partition coefficient (Wildman–Crippen LogP) is 2.24. The molecule has 8 N–H and O–H groups in total. The number of guanidine groups is 1. The first-order valence-corrected chi connectivity index (χ1v) is 17.6. The van der Waals surface area contributed by atoms with Crippen LogP contribution in [0.4, 0.5) is 24.9 Å². The lowest BCUT2D eigenvalue weighted by Gasteiger charge is -2.36. The summed E-state index contributed by atoms with van der Waals surface area (Å²) >= 11 is 0. The molecular formula is C33H54N10O6. The van der Waals surface area contributed by atoms with Crippen molar-refractivity contribution in [1.82, 2.24) is 30.2 Å². The molecule has 1 aromatic carbocycles. The molecule has 1 saturated carbocycles. The Morgan fingerprint density at radius 1 is 0.673 bits per heavy atom. The highest BCUT2D eigenvalue weighted by Gasteiger charge is 2.30. The van der Waals surface area contributed by atoms with Crippen LogP contribution in [0, 0.1) is 0 Å². The summed E-state index contributed by atoms with van der Waals surface area (Å²) in [7, 11) is 0. The molecule has 1 aliphatic carbocycles. The van der Waals surface area contributed by atoms with Crippen molar-refractivity contribution in [3.05, 3.63) is 29.8 Å². The Morgan fingerprint density at radius 2 is 1.14 bits per heavy atom. The molecule has 4 rings (SSSR count). The van der Waals surface area contributed by atoms with Gasteiger partial charge in [-0.05, 0) is 75.6 Å². The van der Waals surface area contributed by atoms with Gasteiger partial charge in [0, 0.05) is 65.4 Å². The van der Waals surface area contributed by atoms with Gasteiger partial charge in [-0.1, -0.05) is 18.6 Å². The number of aliphatic imine (C=N–C) groups is 1. The molecule has 49 heavy (non-hydrogen) atoms. The molecule has 16 nitrogen and oxygen atoms in total. The predicted molar refractivity (Wildman–Crippen MR) is 185 cm³/mol. The summed E-state index contributed by atoms with van der Waals surface area (Å²) in [4.78, 5) is 61.6. The first-order valence-electron chi connectivity index (χ1n) is 17.6. The Kier molecular flexibility index (Phi) is 14.9. The van der Waals surface area contributed by atoms with Crippen LogP contribution in [0.2, 0.25) is 0 Å². The molecule has 2 saturated heterocycles. The molecule has 0 aromatic heterocycles. The number of carbonyl (C=O) groups is 4. The minimum Gasteiger partial charge on any atom is -0.446 e. The second kappa shape index (κ2) is 19.5. The maximum Gasteiger partial charge on any atom is 0.410 e. The molecule has 0 atom stereocenters. The van der Waals surface area contributed by atoms with Crippen LogP contribution < -0.4 is 27.8 Å². The van der Waals surface area contributed by atoms with Crippen molar-refractivity contribution in [2.75, 3.05) is 65.4 Å². The van der Waals surface area contributed by atoms with Gasteiger partial charge in [-0.2, -0.15) is 0 Å². The molecule has 0 bridgehead atoms. The summed E-state index contributed by atoms with van der Waals surface area (Å²) in [5.74, 6) is -0.0147. The Balaban J connectivity index is 1.08. The number of carbonyl (C=O) groups excluding carboxylic acids is 4. The minimum absolute atomic E-state index is 0.0147. The van der Waals surface area contributed by atoms with Gasteiger partial charge in [0.05, 0.1) is 5.69 Å². The van der Waals surface area contributed by atoms with Gasteiger partial charge in [0.1, 0.15) is 12.2 Å². The summed E-state index contributed by atoms with van der Waals surface area (Å²) < 4.78 is 11.7. The lowest BCUT2D eigenvalue weighted by Crippen LogP contribution is -2.53. The Labute approximate surface area is 288 Å². The van der Waals surface area contributed by atoms with Crippen LogP contribution in [-0.4, -0.2) is 127 Å². The van der Waals surface area contributed by atoms with E-state index in [-0.39, 0.29) is 42.4 Å². The lowest BCUT2D eigenvalue weighted by atomic mass is 9.96. The molecule has 16 heteroatoms. The molecule has 3 fully saturated rings. The molecule has 6 amide bonds. The fourth-order valence-electron chi connectivity index (χ4n) is 6.17. The van der Waals surface area contributed by atoms with E-state index in [0.29, 0.717) is 103 Å². The average molecular weight is 687 g/mol. The van der Waals surface area contributed by atoms with Gasteiger partial charge >= 0.3 is 24.2 Å². The molecule has 0 spiro atoms. The smallest absolute Gasteiger partial charge is 0.410 e. The van der Waals surface area contributed by atoms with E-state index in [4.69, 9.17) is 26.7 Å². The number of hydrogen-bond donors (Lipinski definition) is 5. The number of nitrogens with zero attached hydrogens (tertiary/aromatic N) is 5. The number of urea groups is 2. The second-order valence-electron chi connectivity index (χ2n) is 12.8. The maximum atomic E-state index is 12.9. The number of nitrogens with one attached hydrogen (secondary N) is 2. The van der Waals surface area contributed by atoms with E-state index in [2.05, 4.69) is 15.6 Å². The highest BCUT2D eigenvalue weighted by Crippen LogP contribution is 2.24. The third-order valence-electron chi connectivity index (χ3n) is 9.08. The van der Waals surface area contributed by atoms with E-state index in [0.717, 1.165) is 37.7 Å². The van der Waals surface area contributed by atoms with Crippen LogP contribution in [0.25, 0.3) is 0 Å². The second-order valence-corrected chi connectivity index (χ2v) is 12.8. The van der Waals surface area contributed by atoms with Crippen molar-refractivity contribution in [2.45, 2.75) is 76.5 Å². The van der Waals surface area contributed by atoms with Crippen molar-refractivity contribution >= 4 is 35.9 Å². The van der Waals surface area contributed by atoms with Crippen molar-refractivity contribution in [3.8, 4) is 0 Å². The van der Waals surface area contributed by atoms with Crippen molar-refractivity contribution < 1.29 is 28.7 Å². The van der Waals surface area contributed by atoms with Gasteiger partial charge in [-0.3, -0.25) is 0 Å². The SMILES string of the molecule is NCCCCCNC(=O)N1CCN(C(=O)OC2CCCC(OC(=O)N3CCN(C(=O)NCc4ccc(N=C(N)N)cc4)CC3)CCC2)CC1. The number of hydrogen-bond acceptors (Lipinski definition) is 8. The van der Waals surface area contributed by atoms with Crippen LogP contribution in [0.15, 0.2) is 29.3 Å².